The van der Waals surface area contributed by atoms with Gasteiger partial charge in [-0.15, -0.1) is 0 Å². The molecule has 0 spiro atoms. The highest BCUT2D eigenvalue weighted by atomic mass is 31.3. The van der Waals surface area contributed by atoms with Gasteiger partial charge in [0.25, 0.3) is 5.56 Å². The van der Waals surface area contributed by atoms with Crippen LogP contribution in [0, 0.1) is 5.92 Å². The summed E-state index contributed by atoms with van der Waals surface area (Å²) in [6, 6.07) is 0.928. The first-order chi connectivity index (χ1) is 17.0. The number of aliphatic carboxylic acids is 1. The molecule has 0 radical (unpaired) electrons. The van der Waals surface area contributed by atoms with Gasteiger partial charge in [-0.05, 0) is 0 Å². The SMILES string of the molecule is CC1[C@@H](O[P@@](=O)(O)O[P@@](=O)(O)OC[C@H]2O[C@@H](n3ccc(=O)[nH]c3=O)C(O)[C@H]2O)OC(C(=O)O)[C@@H](O)[C@@H]1O. The van der Waals surface area contributed by atoms with Crippen LogP contribution in [-0.4, -0.2) is 100 Å². The van der Waals surface area contributed by atoms with Crippen LogP contribution in [0.3, 0.4) is 0 Å². The van der Waals surface area contributed by atoms with Gasteiger partial charge in [0.2, 0.25) is 0 Å². The van der Waals surface area contributed by atoms with Crippen LogP contribution >= 0.6 is 15.6 Å². The van der Waals surface area contributed by atoms with Crippen molar-refractivity contribution in [3.8, 4) is 0 Å². The van der Waals surface area contributed by atoms with Crippen molar-refractivity contribution in [2.24, 2.45) is 5.92 Å². The minimum Gasteiger partial charge on any atom is -0.479 e. The molecule has 2 aliphatic rings. The number of aromatic nitrogens is 2. The number of carboxylic acid groups (broad SMARTS) is 1. The molecule has 37 heavy (non-hydrogen) atoms. The average Bonchev–Trinajstić information content (AvgIpc) is 3.05. The Labute approximate surface area is 205 Å². The van der Waals surface area contributed by atoms with Crippen molar-refractivity contribution in [2.75, 3.05) is 6.61 Å². The molecule has 0 amide bonds. The Balaban J connectivity index is 1.63. The van der Waals surface area contributed by atoms with Gasteiger partial charge in [-0.3, -0.25) is 23.4 Å². The van der Waals surface area contributed by atoms with Crippen molar-refractivity contribution in [1.29, 1.82) is 0 Å². The van der Waals surface area contributed by atoms with Gasteiger partial charge in [-0.1, -0.05) is 6.92 Å². The number of aromatic amines is 1. The van der Waals surface area contributed by atoms with Gasteiger partial charge in [0.15, 0.2) is 18.6 Å². The Bertz CT molecular complexity index is 1200. The highest BCUT2D eigenvalue weighted by Crippen LogP contribution is 2.61. The molecule has 8 N–H and O–H groups in total. The molecule has 3 heterocycles. The topological polar surface area (TPSA) is 294 Å². The van der Waals surface area contributed by atoms with Crippen molar-refractivity contribution >= 4 is 21.6 Å². The highest BCUT2D eigenvalue weighted by Gasteiger charge is 2.50. The average molecular weight is 578 g/mol. The van der Waals surface area contributed by atoms with E-state index in [0.717, 1.165) is 23.8 Å². The zero-order chi connectivity index (χ0) is 27.9. The van der Waals surface area contributed by atoms with E-state index in [9.17, 15) is 53.7 Å². The normalized spacial score (nSPS) is 37.5. The molecule has 2 fully saturated rings. The second-order valence-electron chi connectivity index (χ2n) is 8.09. The fourth-order valence-electron chi connectivity index (χ4n) is 3.52. The van der Waals surface area contributed by atoms with Crippen molar-refractivity contribution < 1.29 is 72.1 Å². The third kappa shape index (κ3) is 6.79. The Morgan fingerprint density at radius 3 is 2.30 bits per heavy atom. The van der Waals surface area contributed by atoms with E-state index in [2.05, 4.69) is 13.4 Å². The van der Waals surface area contributed by atoms with Crippen LogP contribution in [0.1, 0.15) is 13.2 Å². The lowest BCUT2D eigenvalue weighted by atomic mass is 9.92. The van der Waals surface area contributed by atoms with Gasteiger partial charge in [-0.2, -0.15) is 4.31 Å². The predicted molar refractivity (Wildman–Crippen MR) is 112 cm³/mol. The third-order valence-electron chi connectivity index (χ3n) is 5.46. The molecule has 1 aromatic heterocycles. The Morgan fingerprint density at radius 1 is 1.05 bits per heavy atom. The number of rotatable bonds is 9. The summed E-state index contributed by atoms with van der Waals surface area (Å²) >= 11 is 0. The summed E-state index contributed by atoms with van der Waals surface area (Å²) in [4.78, 5) is 55.8. The van der Waals surface area contributed by atoms with Crippen molar-refractivity contribution in [2.45, 2.75) is 56.1 Å². The molecule has 210 valence electrons. The zero-order valence-electron chi connectivity index (χ0n) is 18.6. The number of ether oxygens (including phenoxy) is 2. The number of carboxylic acids is 1. The lowest BCUT2D eigenvalue weighted by molar-refractivity contribution is -0.254. The van der Waals surface area contributed by atoms with E-state index in [1.807, 2.05) is 4.98 Å². The predicted octanol–water partition coefficient (Wildman–Crippen LogP) is -3.43. The maximum absolute atomic E-state index is 12.3. The molecule has 21 heteroatoms. The van der Waals surface area contributed by atoms with E-state index < -0.39 is 94.5 Å². The van der Waals surface area contributed by atoms with E-state index in [1.165, 1.54) is 0 Å². The first-order valence-electron chi connectivity index (χ1n) is 10.3. The van der Waals surface area contributed by atoms with E-state index in [4.69, 9.17) is 14.6 Å². The quantitative estimate of drug-likeness (QED) is 0.132. The molecular weight excluding hydrogens is 554 g/mol. The number of hydrogen-bond acceptors (Lipinski definition) is 14. The van der Waals surface area contributed by atoms with Gasteiger partial charge in [0.1, 0.15) is 24.4 Å². The van der Waals surface area contributed by atoms with Crippen LogP contribution in [0.25, 0.3) is 0 Å². The summed E-state index contributed by atoms with van der Waals surface area (Å²) in [6.07, 6.45) is -13.5. The molecule has 3 unspecified atom stereocenters. The standard InChI is InChI=1S/C16H24N2O17P2/c1-5-8(20)10(22)12(14(24)25)33-15(5)34-37(29,30)35-36(27,28)31-4-6-9(21)11(23)13(32-6)18-3-2-7(19)17-16(18)26/h2-3,5-6,8-13,15,20-23H,4H2,1H3,(H,24,25)(H,27,28)(H,29,30)(H,17,19,26)/t5?,6-,8-,9+,10+,11?,12?,13-,15-/m1/s1. The zero-order valence-corrected chi connectivity index (χ0v) is 20.4. The van der Waals surface area contributed by atoms with Crippen LogP contribution in [0.15, 0.2) is 21.9 Å². The summed E-state index contributed by atoms with van der Waals surface area (Å²) in [6.45, 7) is 0.128. The monoisotopic (exact) mass is 578 g/mol. The number of aliphatic hydroxyl groups is 4. The maximum Gasteiger partial charge on any atom is 0.483 e. The smallest absolute Gasteiger partial charge is 0.479 e. The lowest BCUT2D eigenvalue weighted by Crippen LogP contribution is -2.56. The van der Waals surface area contributed by atoms with Gasteiger partial charge < -0.3 is 44.8 Å². The number of aliphatic hydroxyl groups excluding tert-OH is 4. The van der Waals surface area contributed by atoms with Crippen molar-refractivity contribution in [1.82, 2.24) is 9.55 Å². The Kier molecular flexibility index (Phi) is 8.93. The molecule has 1 aromatic rings. The molecule has 0 aliphatic carbocycles. The van der Waals surface area contributed by atoms with Crippen LogP contribution in [-0.2, 0) is 36.8 Å². The molecule has 2 saturated heterocycles. The van der Waals surface area contributed by atoms with Crippen molar-refractivity contribution in [3.05, 3.63) is 33.1 Å². The molecule has 3 rings (SSSR count). The van der Waals surface area contributed by atoms with Crippen LogP contribution in [0.4, 0.5) is 0 Å². The number of nitrogens with one attached hydrogen (secondary N) is 1. The molecule has 0 bridgehead atoms. The summed E-state index contributed by atoms with van der Waals surface area (Å²) in [5.74, 6) is -3.04. The molecule has 19 nitrogen and oxygen atoms in total. The fourth-order valence-corrected chi connectivity index (χ4v) is 5.75. The number of phosphoric ester groups is 2. The number of carbonyl (C=O) groups is 1. The summed E-state index contributed by atoms with van der Waals surface area (Å²) in [5.41, 5.74) is -1.75. The summed E-state index contributed by atoms with van der Waals surface area (Å²) < 4.78 is 48.5. The highest BCUT2D eigenvalue weighted by molar-refractivity contribution is 7.61. The third-order valence-corrected chi connectivity index (χ3v) is 8.06. The van der Waals surface area contributed by atoms with Gasteiger partial charge in [0.05, 0.1) is 12.7 Å². The molecule has 0 saturated carbocycles. The largest absolute Gasteiger partial charge is 0.483 e. The molecule has 2 aliphatic heterocycles. The fraction of sp³-hybridized carbons (Fsp3) is 0.688. The van der Waals surface area contributed by atoms with Gasteiger partial charge >= 0.3 is 27.3 Å². The van der Waals surface area contributed by atoms with Crippen molar-refractivity contribution in [3.63, 3.8) is 0 Å². The lowest BCUT2D eigenvalue weighted by Gasteiger charge is -2.39. The minimum absolute atomic E-state index is 0.723. The minimum atomic E-state index is -5.56. The van der Waals surface area contributed by atoms with Crippen LogP contribution in [0.2, 0.25) is 0 Å². The Morgan fingerprint density at radius 2 is 1.70 bits per heavy atom. The molecule has 0 aromatic carbocycles. The second-order valence-corrected chi connectivity index (χ2v) is 11.1. The van der Waals surface area contributed by atoms with E-state index in [-0.39, 0.29) is 0 Å². The number of H-pyrrole nitrogens is 1. The molecule has 11 atom stereocenters. The van der Waals surface area contributed by atoms with Gasteiger partial charge in [-0.25, -0.2) is 18.7 Å². The number of phosphoric acid groups is 2. The maximum atomic E-state index is 12.3. The van der Waals surface area contributed by atoms with Gasteiger partial charge in [0, 0.05) is 18.2 Å². The Hall–Kier alpha value is -1.83. The second kappa shape index (κ2) is 11.1. The van der Waals surface area contributed by atoms with Crippen LogP contribution in [0.5, 0.6) is 0 Å². The summed E-state index contributed by atoms with van der Waals surface area (Å²) in [5, 5.41) is 49.0. The van der Waals surface area contributed by atoms with Crippen LogP contribution < -0.4 is 11.2 Å². The molecular formula is C16H24N2O17P2. The van der Waals surface area contributed by atoms with E-state index in [0.29, 0.717) is 0 Å². The number of nitrogens with zero attached hydrogens (tertiary/aromatic N) is 1. The van der Waals surface area contributed by atoms with E-state index >= 15 is 0 Å². The first kappa shape index (κ1) is 29.7. The van der Waals surface area contributed by atoms with E-state index in [1.54, 1.807) is 0 Å². The summed E-state index contributed by atoms with van der Waals surface area (Å²) in [7, 11) is -11.0. The number of hydrogen-bond donors (Lipinski definition) is 8. The first-order valence-corrected chi connectivity index (χ1v) is 13.3.